The molecule has 0 aliphatic carbocycles. The molecule has 0 saturated carbocycles. The lowest BCUT2D eigenvalue weighted by molar-refractivity contribution is 0.273. The van der Waals surface area contributed by atoms with Crippen LogP contribution < -0.4 is 10.6 Å². The minimum absolute atomic E-state index is 0.589. The van der Waals surface area contributed by atoms with E-state index in [9.17, 15) is 0 Å². The van der Waals surface area contributed by atoms with Gasteiger partial charge in [0, 0.05) is 25.3 Å². The van der Waals surface area contributed by atoms with Crippen LogP contribution in [0.3, 0.4) is 0 Å². The summed E-state index contributed by atoms with van der Waals surface area (Å²) >= 11 is 3.46. The molecule has 0 atom stereocenters. The Morgan fingerprint density at radius 1 is 1.37 bits per heavy atom. The van der Waals surface area contributed by atoms with Gasteiger partial charge in [0.15, 0.2) is 0 Å². The van der Waals surface area contributed by atoms with Crippen molar-refractivity contribution in [3.05, 3.63) is 10.7 Å². The van der Waals surface area contributed by atoms with E-state index in [0.29, 0.717) is 12.0 Å². The van der Waals surface area contributed by atoms with Crippen LogP contribution in [0.2, 0.25) is 0 Å². The number of hydrogen-bond acceptors (Lipinski definition) is 5. The molecule has 0 radical (unpaired) electrons. The molecular formula is C13H24BrN5. The van der Waals surface area contributed by atoms with Gasteiger partial charge >= 0.3 is 0 Å². The van der Waals surface area contributed by atoms with Crippen molar-refractivity contribution in [3.8, 4) is 0 Å². The lowest BCUT2D eigenvalue weighted by Crippen LogP contribution is -2.28. The van der Waals surface area contributed by atoms with E-state index < -0.39 is 0 Å². The maximum atomic E-state index is 4.42. The standard InChI is InChI=1S/C13H24BrN5/c1-5-15-13-17-9-11(14)12(18-13)16-7-6-8-19(4)10(2)3/h9-10H,5-8H2,1-4H3,(H2,15,16,17,18). The summed E-state index contributed by atoms with van der Waals surface area (Å²) in [5.74, 6) is 1.51. The number of nitrogens with zero attached hydrogens (tertiary/aromatic N) is 3. The summed E-state index contributed by atoms with van der Waals surface area (Å²) in [5.41, 5.74) is 0. The molecule has 2 N–H and O–H groups in total. The molecule has 0 aromatic carbocycles. The molecule has 0 spiro atoms. The molecule has 1 aromatic rings. The zero-order valence-electron chi connectivity index (χ0n) is 12.2. The molecule has 0 aliphatic rings. The van der Waals surface area contributed by atoms with Gasteiger partial charge in [0.2, 0.25) is 5.95 Å². The van der Waals surface area contributed by atoms with Crippen molar-refractivity contribution < 1.29 is 0 Å². The minimum atomic E-state index is 0.589. The van der Waals surface area contributed by atoms with Gasteiger partial charge in [0.05, 0.1) is 4.47 Å². The van der Waals surface area contributed by atoms with Gasteiger partial charge in [0.25, 0.3) is 0 Å². The SMILES string of the molecule is CCNc1ncc(Br)c(NCCCN(C)C(C)C)n1. The highest BCUT2D eigenvalue weighted by atomic mass is 79.9. The van der Waals surface area contributed by atoms with E-state index >= 15 is 0 Å². The Hall–Kier alpha value is -0.880. The molecule has 0 amide bonds. The first kappa shape index (κ1) is 16.2. The van der Waals surface area contributed by atoms with Crippen LogP contribution in [-0.4, -0.2) is 47.6 Å². The Morgan fingerprint density at radius 2 is 2.11 bits per heavy atom. The third-order valence-corrected chi connectivity index (χ3v) is 3.52. The number of anilines is 2. The van der Waals surface area contributed by atoms with Gasteiger partial charge in [-0.3, -0.25) is 0 Å². The molecule has 0 bridgehead atoms. The average molecular weight is 330 g/mol. The van der Waals surface area contributed by atoms with Crippen LogP contribution in [0.5, 0.6) is 0 Å². The first-order valence-electron chi connectivity index (χ1n) is 6.75. The van der Waals surface area contributed by atoms with Crippen LogP contribution in [0, 0.1) is 0 Å². The molecule has 1 rings (SSSR count). The smallest absolute Gasteiger partial charge is 0.224 e. The second kappa shape index (κ2) is 8.32. The monoisotopic (exact) mass is 329 g/mol. The summed E-state index contributed by atoms with van der Waals surface area (Å²) in [6.07, 6.45) is 2.86. The van der Waals surface area contributed by atoms with Crippen LogP contribution in [-0.2, 0) is 0 Å². The Bertz CT molecular complexity index is 383. The zero-order chi connectivity index (χ0) is 14.3. The Labute approximate surface area is 124 Å². The molecule has 0 saturated heterocycles. The van der Waals surface area contributed by atoms with E-state index in [1.54, 1.807) is 6.20 Å². The van der Waals surface area contributed by atoms with Crippen LogP contribution in [0.4, 0.5) is 11.8 Å². The van der Waals surface area contributed by atoms with Crippen molar-refractivity contribution in [1.29, 1.82) is 0 Å². The highest BCUT2D eigenvalue weighted by molar-refractivity contribution is 9.10. The zero-order valence-corrected chi connectivity index (χ0v) is 13.8. The largest absolute Gasteiger partial charge is 0.369 e. The quantitative estimate of drug-likeness (QED) is 0.718. The molecule has 0 fully saturated rings. The van der Waals surface area contributed by atoms with Crippen LogP contribution in [0.1, 0.15) is 27.2 Å². The number of halogens is 1. The molecule has 1 heterocycles. The van der Waals surface area contributed by atoms with E-state index in [1.165, 1.54) is 0 Å². The molecule has 0 aliphatic heterocycles. The number of hydrogen-bond donors (Lipinski definition) is 2. The first-order valence-corrected chi connectivity index (χ1v) is 7.54. The fraction of sp³-hybridized carbons (Fsp3) is 0.692. The number of nitrogens with one attached hydrogen (secondary N) is 2. The minimum Gasteiger partial charge on any atom is -0.369 e. The van der Waals surface area contributed by atoms with Gasteiger partial charge in [-0.15, -0.1) is 0 Å². The van der Waals surface area contributed by atoms with Crippen molar-refractivity contribution in [3.63, 3.8) is 0 Å². The lowest BCUT2D eigenvalue weighted by atomic mass is 10.3. The van der Waals surface area contributed by atoms with Crippen molar-refractivity contribution >= 4 is 27.7 Å². The predicted molar refractivity (Wildman–Crippen MR) is 84.8 cm³/mol. The third-order valence-electron chi connectivity index (χ3n) is 2.94. The molecule has 5 nitrogen and oxygen atoms in total. The highest BCUT2D eigenvalue weighted by Gasteiger charge is 2.05. The number of aromatic nitrogens is 2. The van der Waals surface area contributed by atoms with Gasteiger partial charge in [-0.2, -0.15) is 4.98 Å². The summed E-state index contributed by atoms with van der Waals surface area (Å²) < 4.78 is 0.895. The van der Waals surface area contributed by atoms with Crippen molar-refractivity contribution in [2.24, 2.45) is 0 Å². The van der Waals surface area contributed by atoms with Crippen molar-refractivity contribution in [1.82, 2.24) is 14.9 Å². The second-order valence-corrected chi connectivity index (χ2v) is 5.63. The summed E-state index contributed by atoms with van der Waals surface area (Å²) in [5, 5.41) is 6.45. The predicted octanol–water partition coefficient (Wildman–Crippen LogP) is 2.81. The van der Waals surface area contributed by atoms with Crippen LogP contribution in [0.15, 0.2) is 10.7 Å². The summed E-state index contributed by atoms with van der Waals surface area (Å²) in [6.45, 7) is 9.24. The maximum absolute atomic E-state index is 4.42. The first-order chi connectivity index (χ1) is 9.04. The van der Waals surface area contributed by atoms with E-state index in [0.717, 1.165) is 36.3 Å². The molecule has 1 aromatic heterocycles. The van der Waals surface area contributed by atoms with E-state index in [1.807, 2.05) is 6.92 Å². The Balaban J connectivity index is 2.42. The maximum Gasteiger partial charge on any atom is 0.224 e. The Morgan fingerprint density at radius 3 is 2.74 bits per heavy atom. The fourth-order valence-corrected chi connectivity index (χ4v) is 1.86. The molecule has 0 unspecified atom stereocenters. The normalized spacial score (nSPS) is 11.1. The summed E-state index contributed by atoms with van der Waals surface area (Å²) in [7, 11) is 2.15. The van der Waals surface area contributed by atoms with E-state index in [-0.39, 0.29) is 0 Å². The molecule has 108 valence electrons. The van der Waals surface area contributed by atoms with E-state index in [2.05, 4.69) is 62.3 Å². The summed E-state index contributed by atoms with van der Waals surface area (Å²) in [4.78, 5) is 10.9. The van der Waals surface area contributed by atoms with E-state index in [4.69, 9.17) is 0 Å². The highest BCUT2D eigenvalue weighted by Crippen LogP contribution is 2.19. The third kappa shape index (κ3) is 5.74. The van der Waals surface area contributed by atoms with Crippen molar-refractivity contribution in [2.45, 2.75) is 33.2 Å². The van der Waals surface area contributed by atoms with Gasteiger partial charge in [-0.1, -0.05) is 0 Å². The van der Waals surface area contributed by atoms with Crippen LogP contribution >= 0.6 is 15.9 Å². The fourth-order valence-electron chi connectivity index (χ4n) is 1.53. The molecule has 19 heavy (non-hydrogen) atoms. The van der Waals surface area contributed by atoms with Gasteiger partial charge in [0.1, 0.15) is 5.82 Å². The molecule has 6 heteroatoms. The summed E-state index contributed by atoms with van der Waals surface area (Å²) in [6, 6.07) is 0.589. The molecular weight excluding hydrogens is 306 g/mol. The average Bonchev–Trinajstić information content (AvgIpc) is 2.38. The van der Waals surface area contributed by atoms with Gasteiger partial charge < -0.3 is 15.5 Å². The van der Waals surface area contributed by atoms with Crippen LogP contribution in [0.25, 0.3) is 0 Å². The number of rotatable bonds is 8. The van der Waals surface area contributed by atoms with Gasteiger partial charge in [-0.25, -0.2) is 4.98 Å². The topological polar surface area (TPSA) is 53.1 Å². The second-order valence-electron chi connectivity index (χ2n) is 4.78. The van der Waals surface area contributed by atoms with Crippen molar-refractivity contribution in [2.75, 3.05) is 37.3 Å². The Kier molecular flexibility index (Phi) is 7.09. The van der Waals surface area contributed by atoms with Gasteiger partial charge in [-0.05, 0) is 56.7 Å². The lowest BCUT2D eigenvalue weighted by Gasteiger charge is -2.20.